The first-order valence-electron chi connectivity index (χ1n) is 3.54. The van der Waals surface area contributed by atoms with E-state index in [2.05, 4.69) is 0 Å². The maximum Gasteiger partial charge on any atom is 0.459 e. The van der Waals surface area contributed by atoms with Crippen LogP contribution in [0.2, 0.25) is 0 Å². The molecule has 98 valence electrons. The van der Waals surface area contributed by atoms with Crippen LogP contribution in [0, 0.1) is 5.92 Å². The lowest BCUT2D eigenvalue weighted by Gasteiger charge is -2.33. The van der Waals surface area contributed by atoms with Gasteiger partial charge in [0.05, 0.1) is 0 Å². The zero-order chi connectivity index (χ0) is 13.6. The Hall–Kier alpha value is -0.700. The molecule has 0 aliphatic rings. The van der Waals surface area contributed by atoms with Gasteiger partial charge in [0, 0.05) is 0 Å². The fraction of sp³-hybridized carbons (Fsp3) is 1.00. The van der Waals surface area contributed by atoms with Gasteiger partial charge in [-0.25, -0.2) is 0 Å². The van der Waals surface area contributed by atoms with E-state index >= 15 is 0 Å². The highest BCUT2D eigenvalue weighted by atomic mass is 19.4. The molecule has 0 amide bonds. The first-order chi connectivity index (χ1) is 6.65. The van der Waals surface area contributed by atoms with E-state index in [1.165, 1.54) is 0 Å². The van der Waals surface area contributed by atoms with Gasteiger partial charge < -0.3 is 0 Å². The maximum absolute atomic E-state index is 12.4. The molecule has 0 nitrogen and oxygen atoms in total. The van der Waals surface area contributed by atoms with Crippen LogP contribution in [0.3, 0.4) is 0 Å². The number of hydrogen-bond donors (Lipinski definition) is 0. The van der Waals surface area contributed by atoms with Crippen molar-refractivity contribution in [2.24, 2.45) is 5.92 Å². The highest BCUT2D eigenvalue weighted by Gasteiger charge is 2.77. The molecule has 1 atom stereocenters. The summed E-state index contributed by atoms with van der Waals surface area (Å²) >= 11 is 0. The molecule has 0 aromatic carbocycles. The molecular formula is C6H4F10. The summed E-state index contributed by atoms with van der Waals surface area (Å²) in [5, 5.41) is 0. The monoisotopic (exact) mass is 266 g/mol. The fourth-order valence-electron chi connectivity index (χ4n) is 0.666. The van der Waals surface area contributed by atoms with Gasteiger partial charge >= 0.3 is 24.2 Å². The van der Waals surface area contributed by atoms with Gasteiger partial charge in [0.25, 0.3) is 0 Å². The molecule has 0 heterocycles. The lowest BCUT2D eigenvalue weighted by molar-refractivity contribution is -0.384. The maximum atomic E-state index is 12.4. The number of hydrogen-bond acceptors (Lipinski definition) is 0. The van der Waals surface area contributed by atoms with Crippen LogP contribution in [0.25, 0.3) is 0 Å². The largest absolute Gasteiger partial charge is 0.459 e. The second-order valence-electron chi connectivity index (χ2n) is 2.96. The van der Waals surface area contributed by atoms with E-state index in [1.54, 1.807) is 0 Å². The van der Waals surface area contributed by atoms with Crippen molar-refractivity contribution in [3.8, 4) is 0 Å². The smallest absolute Gasteiger partial charge is 0.199 e. The van der Waals surface area contributed by atoms with Gasteiger partial charge in [-0.2, -0.15) is 43.9 Å². The third-order valence-corrected chi connectivity index (χ3v) is 1.81. The van der Waals surface area contributed by atoms with Crippen molar-refractivity contribution < 1.29 is 43.9 Å². The summed E-state index contributed by atoms with van der Waals surface area (Å²) in [5.74, 6) is -17.1. The normalized spacial score (nSPS) is 17.4. The van der Waals surface area contributed by atoms with Gasteiger partial charge in [0.2, 0.25) is 0 Å². The topological polar surface area (TPSA) is 0 Å². The van der Waals surface area contributed by atoms with Gasteiger partial charge in [-0.1, -0.05) is 0 Å². The Morgan fingerprint density at radius 3 is 1.19 bits per heavy atom. The highest BCUT2D eigenvalue weighted by molar-refractivity contribution is 4.96. The molecule has 0 rings (SSSR count). The molecule has 16 heavy (non-hydrogen) atoms. The van der Waals surface area contributed by atoms with E-state index < -0.39 is 37.0 Å². The predicted molar refractivity (Wildman–Crippen MR) is 31.2 cm³/mol. The minimum absolute atomic E-state index is 0.445. The van der Waals surface area contributed by atoms with E-state index in [9.17, 15) is 43.9 Å². The highest BCUT2D eigenvalue weighted by Crippen LogP contribution is 2.53. The molecular weight excluding hydrogens is 262 g/mol. The van der Waals surface area contributed by atoms with E-state index in [4.69, 9.17) is 0 Å². The van der Waals surface area contributed by atoms with Crippen molar-refractivity contribution in [1.82, 2.24) is 0 Å². The second kappa shape index (κ2) is 3.66. The van der Waals surface area contributed by atoms with Crippen molar-refractivity contribution in [1.29, 1.82) is 0 Å². The first-order valence-corrected chi connectivity index (χ1v) is 3.54. The SMILES string of the molecule is CC(C(F)(F)F)C(F)(F)C(F)(F)C(F)(F)F. The zero-order valence-electron chi connectivity index (χ0n) is 7.36. The van der Waals surface area contributed by atoms with Crippen LogP contribution in [-0.4, -0.2) is 24.2 Å². The molecule has 0 spiro atoms. The van der Waals surface area contributed by atoms with Crippen LogP contribution in [0.1, 0.15) is 6.92 Å². The molecule has 1 unspecified atom stereocenters. The van der Waals surface area contributed by atoms with Gasteiger partial charge in [0.15, 0.2) is 0 Å². The van der Waals surface area contributed by atoms with Gasteiger partial charge in [-0.15, -0.1) is 0 Å². The predicted octanol–water partition coefficient (Wildman–Crippen LogP) is 4.02. The summed E-state index contributed by atoms with van der Waals surface area (Å²) in [6.45, 7) is -0.445. The van der Waals surface area contributed by atoms with Crippen LogP contribution in [0.5, 0.6) is 0 Å². The minimum Gasteiger partial charge on any atom is -0.199 e. The summed E-state index contributed by atoms with van der Waals surface area (Å²) < 4.78 is 119. The summed E-state index contributed by atoms with van der Waals surface area (Å²) in [4.78, 5) is 0. The Morgan fingerprint density at radius 2 is 1.00 bits per heavy atom. The third kappa shape index (κ3) is 2.34. The molecule has 0 bridgehead atoms. The fourth-order valence-corrected chi connectivity index (χ4v) is 0.666. The third-order valence-electron chi connectivity index (χ3n) is 1.81. The molecule has 0 saturated heterocycles. The summed E-state index contributed by atoms with van der Waals surface area (Å²) in [7, 11) is 0. The second-order valence-corrected chi connectivity index (χ2v) is 2.96. The number of halogens is 10. The molecule has 0 radical (unpaired) electrons. The number of alkyl halides is 10. The van der Waals surface area contributed by atoms with Gasteiger partial charge in [-0.3, -0.25) is 0 Å². The molecule has 0 aromatic rings. The van der Waals surface area contributed by atoms with Crippen molar-refractivity contribution in [3.05, 3.63) is 0 Å². The van der Waals surface area contributed by atoms with E-state index in [-0.39, 0.29) is 0 Å². The van der Waals surface area contributed by atoms with Crippen molar-refractivity contribution in [2.75, 3.05) is 0 Å². The van der Waals surface area contributed by atoms with Gasteiger partial charge in [0.1, 0.15) is 5.92 Å². The lowest BCUT2D eigenvalue weighted by atomic mass is 9.96. The van der Waals surface area contributed by atoms with Crippen molar-refractivity contribution in [3.63, 3.8) is 0 Å². The van der Waals surface area contributed by atoms with Gasteiger partial charge in [-0.05, 0) is 6.92 Å². The van der Waals surface area contributed by atoms with Crippen molar-refractivity contribution >= 4 is 0 Å². The molecule has 0 N–H and O–H groups in total. The van der Waals surface area contributed by atoms with E-state index in [1.807, 2.05) is 0 Å². The Labute approximate surface area is 82.2 Å². The van der Waals surface area contributed by atoms with Crippen LogP contribution >= 0.6 is 0 Å². The molecule has 0 aliphatic heterocycles. The average Bonchev–Trinajstić information content (AvgIpc) is 1.98. The van der Waals surface area contributed by atoms with E-state index in [0.29, 0.717) is 0 Å². The Morgan fingerprint density at radius 1 is 0.688 bits per heavy atom. The zero-order valence-corrected chi connectivity index (χ0v) is 7.36. The van der Waals surface area contributed by atoms with Crippen LogP contribution in [0.15, 0.2) is 0 Å². The molecule has 0 aliphatic carbocycles. The Bertz CT molecular complexity index is 245. The molecule has 0 fully saturated rings. The van der Waals surface area contributed by atoms with Crippen LogP contribution in [-0.2, 0) is 0 Å². The summed E-state index contributed by atoms with van der Waals surface area (Å²) in [5.41, 5.74) is 0. The van der Waals surface area contributed by atoms with Crippen LogP contribution in [0.4, 0.5) is 43.9 Å². The summed E-state index contributed by atoms with van der Waals surface area (Å²) in [6, 6.07) is 0. The van der Waals surface area contributed by atoms with Crippen LogP contribution < -0.4 is 0 Å². The Balaban J connectivity index is 5.37. The Kier molecular flexibility index (Phi) is 3.50. The van der Waals surface area contributed by atoms with Crippen molar-refractivity contribution in [2.45, 2.75) is 31.1 Å². The summed E-state index contributed by atoms with van der Waals surface area (Å²) in [6.07, 6.45) is -12.6. The lowest BCUT2D eigenvalue weighted by Crippen LogP contribution is -2.57. The molecule has 0 saturated carbocycles. The first kappa shape index (κ1) is 15.3. The molecule has 10 heteroatoms. The standard InChI is InChI=1S/C6H4F10/c1-2(4(9,10)11)3(7,8)5(12,13)6(14,15)16/h2H,1H3. The number of rotatable bonds is 2. The quantitative estimate of drug-likeness (QED) is 0.662. The molecule has 0 aromatic heterocycles. The minimum atomic E-state index is -6.75. The average molecular weight is 266 g/mol. The van der Waals surface area contributed by atoms with E-state index in [0.717, 1.165) is 0 Å².